The fraction of sp³-hybridized carbons (Fsp3) is 0.400. The molecular weight excluding hydrogens is 427 g/mol. The fourth-order valence-electron chi connectivity index (χ4n) is 2.45. The topological polar surface area (TPSA) is 45.2 Å². The Kier molecular flexibility index (Phi) is 5.83. The standard InChI is InChI=1S/C15H14Cl5N5/c1-24-2-4-25(5-3-24)14-22-12(21-13(23-14)15(18,19)20)9-6-10(16)8-11(17)7-9/h6-8H,2-5H2,1H3. The Bertz CT molecular complexity index is 751. The number of nitrogens with zero attached hydrogens (tertiary/aromatic N) is 5. The van der Waals surface area contributed by atoms with E-state index in [1.165, 1.54) is 0 Å². The highest BCUT2D eigenvalue weighted by Crippen LogP contribution is 2.37. The maximum absolute atomic E-state index is 6.08. The molecule has 1 saturated heterocycles. The van der Waals surface area contributed by atoms with Crippen molar-refractivity contribution in [2.24, 2.45) is 0 Å². The number of aromatic nitrogens is 3. The average molecular weight is 442 g/mol. The van der Waals surface area contributed by atoms with Crippen LogP contribution in [0.25, 0.3) is 11.4 Å². The highest BCUT2D eigenvalue weighted by atomic mass is 35.6. The van der Waals surface area contributed by atoms with Crippen LogP contribution in [-0.4, -0.2) is 53.1 Å². The molecule has 1 aliphatic rings. The molecule has 0 bridgehead atoms. The van der Waals surface area contributed by atoms with Crippen molar-refractivity contribution >= 4 is 64.0 Å². The number of rotatable bonds is 2. The highest BCUT2D eigenvalue weighted by Gasteiger charge is 2.30. The van der Waals surface area contributed by atoms with Gasteiger partial charge in [-0.15, -0.1) is 0 Å². The smallest absolute Gasteiger partial charge is 0.250 e. The lowest BCUT2D eigenvalue weighted by Crippen LogP contribution is -2.45. The number of likely N-dealkylation sites (N-methyl/N-ethyl adjacent to an activating group) is 1. The van der Waals surface area contributed by atoms with Gasteiger partial charge >= 0.3 is 0 Å². The van der Waals surface area contributed by atoms with E-state index in [4.69, 9.17) is 58.0 Å². The van der Waals surface area contributed by atoms with Crippen LogP contribution in [0.5, 0.6) is 0 Å². The molecule has 0 unspecified atom stereocenters. The fourth-order valence-corrected chi connectivity index (χ4v) is 3.23. The minimum Gasteiger partial charge on any atom is -0.338 e. The zero-order valence-electron chi connectivity index (χ0n) is 13.2. The lowest BCUT2D eigenvalue weighted by molar-refractivity contribution is 0.311. The molecule has 0 N–H and O–H groups in total. The Hall–Kier alpha value is -0.560. The van der Waals surface area contributed by atoms with Gasteiger partial charge in [0.05, 0.1) is 0 Å². The minimum absolute atomic E-state index is 0.0625. The zero-order valence-corrected chi connectivity index (χ0v) is 17.0. The van der Waals surface area contributed by atoms with Crippen molar-refractivity contribution in [2.45, 2.75) is 3.79 Å². The first kappa shape index (κ1) is 19.2. The van der Waals surface area contributed by atoms with E-state index >= 15 is 0 Å². The SMILES string of the molecule is CN1CCN(c2nc(-c3cc(Cl)cc(Cl)c3)nc(C(Cl)(Cl)Cl)n2)CC1. The molecule has 10 heteroatoms. The van der Waals surface area contributed by atoms with Crippen LogP contribution in [0, 0.1) is 0 Å². The van der Waals surface area contributed by atoms with Gasteiger partial charge in [0.2, 0.25) is 9.74 Å². The Morgan fingerprint density at radius 2 is 1.48 bits per heavy atom. The van der Waals surface area contributed by atoms with Gasteiger partial charge in [-0.25, -0.2) is 4.98 Å². The second-order valence-corrected chi connectivity index (χ2v) is 8.88. The van der Waals surface area contributed by atoms with E-state index in [0.29, 0.717) is 27.4 Å². The molecule has 0 amide bonds. The molecular formula is C15H14Cl5N5. The molecule has 0 atom stereocenters. The van der Waals surface area contributed by atoms with E-state index in [1.807, 2.05) is 4.90 Å². The van der Waals surface area contributed by atoms with E-state index in [-0.39, 0.29) is 5.82 Å². The molecule has 1 fully saturated rings. The number of hydrogen-bond acceptors (Lipinski definition) is 5. The molecule has 0 radical (unpaired) electrons. The average Bonchev–Trinajstić information content (AvgIpc) is 2.53. The van der Waals surface area contributed by atoms with E-state index in [0.717, 1.165) is 26.2 Å². The second kappa shape index (κ2) is 7.59. The number of piperazine rings is 1. The summed E-state index contributed by atoms with van der Waals surface area (Å²) in [5.41, 5.74) is 0.630. The lowest BCUT2D eigenvalue weighted by atomic mass is 10.2. The molecule has 1 aromatic carbocycles. The molecule has 2 aromatic rings. The highest BCUT2D eigenvalue weighted by molar-refractivity contribution is 6.66. The molecule has 1 aromatic heterocycles. The van der Waals surface area contributed by atoms with E-state index in [1.54, 1.807) is 18.2 Å². The van der Waals surface area contributed by atoms with Crippen LogP contribution in [0.15, 0.2) is 18.2 Å². The molecule has 0 aliphatic carbocycles. The Morgan fingerprint density at radius 1 is 0.880 bits per heavy atom. The third kappa shape index (κ3) is 4.79. The van der Waals surface area contributed by atoms with Crippen molar-refractivity contribution in [1.29, 1.82) is 0 Å². The van der Waals surface area contributed by atoms with Gasteiger partial charge in [0.1, 0.15) is 0 Å². The Labute approximate surface area is 170 Å². The molecule has 0 saturated carbocycles. The monoisotopic (exact) mass is 439 g/mol. The molecule has 2 heterocycles. The van der Waals surface area contributed by atoms with Crippen LogP contribution >= 0.6 is 58.0 Å². The van der Waals surface area contributed by atoms with Gasteiger partial charge < -0.3 is 9.80 Å². The van der Waals surface area contributed by atoms with Gasteiger partial charge in [0, 0.05) is 41.8 Å². The van der Waals surface area contributed by atoms with Gasteiger partial charge in [-0.2, -0.15) is 9.97 Å². The summed E-state index contributed by atoms with van der Waals surface area (Å²) in [5, 5.41) is 0.944. The quantitative estimate of drug-likeness (QED) is 0.646. The number of benzene rings is 1. The van der Waals surface area contributed by atoms with Crippen LogP contribution in [-0.2, 0) is 3.79 Å². The number of alkyl halides is 3. The van der Waals surface area contributed by atoms with E-state index in [2.05, 4.69) is 26.9 Å². The molecule has 3 rings (SSSR count). The summed E-state index contributed by atoms with van der Waals surface area (Å²) in [6, 6.07) is 5.04. The Morgan fingerprint density at radius 3 is 2.04 bits per heavy atom. The van der Waals surface area contributed by atoms with E-state index < -0.39 is 3.79 Å². The van der Waals surface area contributed by atoms with Crippen LogP contribution in [0.1, 0.15) is 5.82 Å². The largest absolute Gasteiger partial charge is 0.338 e. The van der Waals surface area contributed by atoms with Gasteiger partial charge in [-0.1, -0.05) is 58.0 Å². The van der Waals surface area contributed by atoms with Crippen LogP contribution in [0.2, 0.25) is 10.0 Å². The summed E-state index contributed by atoms with van der Waals surface area (Å²) in [5.74, 6) is 0.887. The molecule has 0 spiro atoms. The van der Waals surface area contributed by atoms with Gasteiger partial charge in [-0.05, 0) is 25.2 Å². The summed E-state index contributed by atoms with van der Waals surface area (Å²) in [6.07, 6.45) is 0. The Balaban J connectivity index is 2.07. The molecule has 1 aliphatic heterocycles. The van der Waals surface area contributed by atoms with Crippen molar-refractivity contribution in [1.82, 2.24) is 19.9 Å². The van der Waals surface area contributed by atoms with Crippen molar-refractivity contribution in [3.63, 3.8) is 0 Å². The first-order valence-electron chi connectivity index (χ1n) is 7.45. The lowest BCUT2D eigenvalue weighted by Gasteiger charge is -2.32. The summed E-state index contributed by atoms with van der Waals surface area (Å²) in [6.45, 7) is 3.34. The van der Waals surface area contributed by atoms with Gasteiger partial charge in [0.15, 0.2) is 11.6 Å². The van der Waals surface area contributed by atoms with E-state index in [9.17, 15) is 0 Å². The predicted octanol–water partition coefficient (Wildman–Crippen LogP) is 4.42. The second-order valence-electron chi connectivity index (χ2n) is 5.73. The maximum atomic E-state index is 6.08. The third-order valence-electron chi connectivity index (χ3n) is 3.78. The van der Waals surface area contributed by atoms with Gasteiger partial charge in [0.25, 0.3) is 0 Å². The third-order valence-corrected chi connectivity index (χ3v) is 4.73. The predicted molar refractivity (Wildman–Crippen MR) is 104 cm³/mol. The van der Waals surface area contributed by atoms with Crippen molar-refractivity contribution in [3.8, 4) is 11.4 Å². The molecule has 5 nitrogen and oxygen atoms in total. The van der Waals surface area contributed by atoms with Gasteiger partial charge in [-0.3, -0.25) is 0 Å². The number of anilines is 1. The number of hydrogen-bond donors (Lipinski definition) is 0. The first-order chi connectivity index (χ1) is 11.7. The zero-order chi connectivity index (χ0) is 18.2. The van der Waals surface area contributed by atoms with Crippen LogP contribution in [0.4, 0.5) is 5.95 Å². The maximum Gasteiger partial charge on any atom is 0.250 e. The summed E-state index contributed by atoms with van der Waals surface area (Å²) in [7, 11) is 2.07. The van der Waals surface area contributed by atoms with Crippen molar-refractivity contribution < 1.29 is 0 Å². The normalized spacial score (nSPS) is 16.3. The summed E-state index contributed by atoms with van der Waals surface area (Å²) in [4.78, 5) is 17.4. The van der Waals surface area contributed by atoms with Crippen molar-refractivity contribution in [2.75, 3.05) is 38.1 Å². The summed E-state index contributed by atoms with van der Waals surface area (Å²) < 4.78 is -1.76. The van der Waals surface area contributed by atoms with Crippen LogP contribution < -0.4 is 4.90 Å². The molecule has 25 heavy (non-hydrogen) atoms. The summed E-state index contributed by atoms with van der Waals surface area (Å²) >= 11 is 30.2. The minimum atomic E-state index is -1.76. The van der Waals surface area contributed by atoms with Crippen molar-refractivity contribution in [3.05, 3.63) is 34.1 Å². The first-order valence-corrected chi connectivity index (χ1v) is 9.34. The molecule has 134 valence electrons. The van der Waals surface area contributed by atoms with Crippen LogP contribution in [0.3, 0.4) is 0 Å². The number of halogens is 5.